The molecule has 2 aromatic carbocycles. The Morgan fingerprint density at radius 3 is 2.37 bits per heavy atom. The van der Waals surface area contributed by atoms with Crippen LogP contribution in [0.5, 0.6) is 0 Å². The Morgan fingerprint density at radius 1 is 1.03 bits per heavy atom. The quantitative estimate of drug-likeness (QED) is 0.508. The highest BCUT2D eigenvalue weighted by Crippen LogP contribution is 2.21. The summed E-state index contributed by atoms with van der Waals surface area (Å²) in [6, 6.07) is 15.9. The fourth-order valence-electron chi connectivity index (χ4n) is 3.29. The van der Waals surface area contributed by atoms with Crippen LogP contribution in [-0.2, 0) is 16.1 Å². The van der Waals surface area contributed by atoms with Gasteiger partial charge in [0.1, 0.15) is 6.04 Å². The molecule has 2 amide bonds. The molecule has 0 unspecified atom stereocenters. The van der Waals surface area contributed by atoms with Crippen LogP contribution in [0.15, 0.2) is 53.4 Å². The number of benzene rings is 2. The molecule has 0 bridgehead atoms. The lowest BCUT2D eigenvalue weighted by molar-refractivity contribution is -0.141. The summed E-state index contributed by atoms with van der Waals surface area (Å²) in [6.07, 6.45) is 1.88. The van der Waals surface area contributed by atoms with E-state index in [1.807, 2.05) is 45.0 Å². The van der Waals surface area contributed by atoms with Crippen LogP contribution < -0.4 is 5.32 Å². The first-order chi connectivity index (χ1) is 14.5. The molecule has 2 aromatic rings. The Morgan fingerprint density at radius 2 is 1.73 bits per heavy atom. The van der Waals surface area contributed by atoms with Gasteiger partial charge in [-0.3, -0.25) is 9.59 Å². The number of nitrogens with one attached hydrogen (secondary N) is 1. The number of nitrogens with zero attached hydrogens (tertiary/aromatic N) is 1. The van der Waals surface area contributed by atoms with Crippen LogP contribution in [0.25, 0.3) is 0 Å². The maximum absolute atomic E-state index is 13.2. The van der Waals surface area contributed by atoms with Gasteiger partial charge >= 0.3 is 0 Å². The van der Waals surface area contributed by atoms with Gasteiger partial charge in [0.05, 0.1) is 0 Å². The lowest BCUT2D eigenvalue weighted by Crippen LogP contribution is -2.49. The molecular formula is C25H34N2O2S. The summed E-state index contributed by atoms with van der Waals surface area (Å²) in [5.74, 6) is 0.656. The molecule has 162 valence electrons. The predicted octanol–water partition coefficient (Wildman–Crippen LogP) is 5.12. The first-order valence-corrected chi connectivity index (χ1v) is 11.8. The van der Waals surface area contributed by atoms with Crippen molar-refractivity contribution in [2.24, 2.45) is 0 Å². The van der Waals surface area contributed by atoms with Crippen molar-refractivity contribution in [3.63, 3.8) is 0 Å². The Bertz CT molecular complexity index is 820. The predicted molar refractivity (Wildman–Crippen MR) is 126 cm³/mol. The van der Waals surface area contributed by atoms with E-state index < -0.39 is 6.04 Å². The average Bonchev–Trinajstić information content (AvgIpc) is 2.74. The molecule has 30 heavy (non-hydrogen) atoms. The third-order valence-electron chi connectivity index (χ3n) is 5.14. The molecule has 0 saturated carbocycles. The molecule has 0 heterocycles. The molecule has 2 rings (SSSR count). The maximum Gasteiger partial charge on any atom is 0.242 e. The summed E-state index contributed by atoms with van der Waals surface area (Å²) in [5.41, 5.74) is 3.44. The highest BCUT2D eigenvalue weighted by Gasteiger charge is 2.28. The second-order valence-corrected chi connectivity index (χ2v) is 8.74. The van der Waals surface area contributed by atoms with Crippen molar-refractivity contribution in [1.82, 2.24) is 10.2 Å². The van der Waals surface area contributed by atoms with E-state index in [0.29, 0.717) is 31.7 Å². The van der Waals surface area contributed by atoms with Gasteiger partial charge in [0.25, 0.3) is 0 Å². The fourth-order valence-corrected chi connectivity index (χ4v) is 4.13. The van der Waals surface area contributed by atoms with Crippen LogP contribution in [-0.4, -0.2) is 35.1 Å². The molecule has 0 aromatic heterocycles. The third kappa shape index (κ3) is 7.21. The monoisotopic (exact) mass is 426 g/mol. The summed E-state index contributed by atoms with van der Waals surface area (Å²) in [5, 5.41) is 2.97. The van der Waals surface area contributed by atoms with Gasteiger partial charge in [-0.2, -0.15) is 0 Å². The van der Waals surface area contributed by atoms with Crippen LogP contribution in [0.3, 0.4) is 0 Å². The van der Waals surface area contributed by atoms with Gasteiger partial charge in [0.2, 0.25) is 11.8 Å². The molecule has 0 radical (unpaired) electrons. The minimum Gasteiger partial charge on any atom is -0.354 e. The van der Waals surface area contributed by atoms with E-state index in [1.165, 1.54) is 5.56 Å². The molecule has 4 nitrogen and oxygen atoms in total. The zero-order valence-electron chi connectivity index (χ0n) is 18.6. The van der Waals surface area contributed by atoms with E-state index in [1.54, 1.807) is 16.7 Å². The Kier molecular flexibility index (Phi) is 9.95. The second-order valence-electron chi connectivity index (χ2n) is 7.57. The number of thioether (sulfide) groups is 1. The number of aryl methyl sites for hydroxylation is 2. The van der Waals surface area contributed by atoms with E-state index in [0.717, 1.165) is 22.4 Å². The maximum atomic E-state index is 13.2. The molecule has 0 aliphatic carbocycles. The topological polar surface area (TPSA) is 49.4 Å². The van der Waals surface area contributed by atoms with Crippen molar-refractivity contribution in [1.29, 1.82) is 0 Å². The van der Waals surface area contributed by atoms with Crippen LogP contribution in [0.2, 0.25) is 0 Å². The van der Waals surface area contributed by atoms with Crippen LogP contribution in [0, 0.1) is 13.8 Å². The highest BCUT2D eigenvalue weighted by molar-refractivity contribution is 7.99. The van der Waals surface area contributed by atoms with Gasteiger partial charge in [0.15, 0.2) is 0 Å². The van der Waals surface area contributed by atoms with E-state index in [4.69, 9.17) is 0 Å². The SMILES string of the molecule is CCCNC(=O)[C@H](CC)N(Cc1ccccc1C)C(=O)CCSc1ccc(C)cc1. The Labute approximate surface area is 185 Å². The lowest BCUT2D eigenvalue weighted by Gasteiger charge is -2.31. The standard InChI is InChI=1S/C25H34N2O2S/c1-5-16-26-25(29)23(6-2)27(18-21-10-8-7-9-20(21)4)24(28)15-17-30-22-13-11-19(3)12-14-22/h7-14,23H,5-6,15-18H2,1-4H3,(H,26,29)/t23-/m0/s1. The summed E-state index contributed by atoms with van der Waals surface area (Å²) in [4.78, 5) is 28.9. The summed E-state index contributed by atoms with van der Waals surface area (Å²) in [6.45, 7) is 9.19. The smallest absolute Gasteiger partial charge is 0.242 e. The lowest BCUT2D eigenvalue weighted by atomic mass is 10.1. The number of amides is 2. The molecule has 1 N–H and O–H groups in total. The summed E-state index contributed by atoms with van der Waals surface area (Å²) >= 11 is 1.68. The Hall–Kier alpha value is -2.27. The number of hydrogen-bond acceptors (Lipinski definition) is 3. The summed E-state index contributed by atoms with van der Waals surface area (Å²) in [7, 11) is 0. The Balaban J connectivity index is 2.11. The fraction of sp³-hybridized carbons (Fsp3) is 0.440. The van der Waals surface area contributed by atoms with Crippen molar-refractivity contribution < 1.29 is 9.59 Å². The highest BCUT2D eigenvalue weighted by atomic mass is 32.2. The van der Waals surface area contributed by atoms with Gasteiger partial charge in [-0.05, 0) is 49.9 Å². The summed E-state index contributed by atoms with van der Waals surface area (Å²) < 4.78 is 0. The largest absolute Gasteiger partial charge is 0.354 e. The van der Waals surface area contributed by atoms with Crippen LogP contribution in [0.1, 0.15) is 49.8 Å². The molecule has 5 heteroatoms. The van der Waals surface area contributed by atoms with Crippen LogP contribution >= 0.6 is 11.8 Å². The number of hydrogen-bond donors (Lipinski definition) is 1. The van der Waals surface area contributed by atoms with Crippen molar-refractivity contribution in [2.45, 2.75) is 64.4 Å². The minimum atomic E-state index is -0.451. The second kappa shape index (κ2) is 12.4. The minimum absolute atomic E-state index is 0.0244. The number of rotatable bonds is 11. The third-order valence-corrected chi connectivity index (χ3v) is 6.16. The average molecular weight is 427 g/mol. The van der Waals surface area contributed by atoms with E-state index in [-0.39, 0.29) is 11.8 Å². The van der Waals surface area contributed by atoms with Crippen molar-refractivity contribution >= 4 is 23.6 Å². The molecular weight excluding hydrogens is 392 g/mol. The van der Waals surface area contributed by atoms with E-state index in [9.17, 15) is 9.59 Å². The van der Waals surface area contributed by atoms with Crippen molar-refractivity contribution in [3.8, 4) is 0 Å². The number of carbonyl (C=O) groups is 2. The molecule has 0 fully saturated rings. The first kappa shape index (κ1) is 24.0. The van der Waals surface area contributed by atoms with E-state index >= 15 is 0 Å². The first-order valence-electron chi connectivity index (χ1n) is 10.8. The number of carbonyl (C=O) groups excluding carboxylic acids is 2. The molecule has 0 aliphatic heterocycles. The molecule has 0 saturated heterocycles. The van der Waals surface area contributed by atoms with Gasteiger partial charge in [-0.25, -0.2) is 0 Å². The van der Waals surface area contributed by atoms with Gasteiger partial charge < -0.3 is 10.2 Å². The zero-order valence-corrected chi connectivity index (χ0v) is 19.4. The van der Waals surface area contributed by atoms with Crippen LogP contribution in [0.4, 0.5) is 0 Å². The van der Waals surface area contributed by atoms with Gasteiger partial charge in [-0.15, -0.1) is 11.8 Å². The normalized spacial score (nSPS) is 11.7. The van der Waals surface area contributed by atoms with Gasteiger partial charge in [-0.1, -0.05) is 55.8 Å². The van der Waals surface area contributed by atoms with E-state index in [2.05, 4.69) is 36.5 Å². The molecule has 1 atom stereocenters. The molecule has 0 spiro atoms. The molecule has 0 aliphatic rings. The van der Waals surface area contributed by atoms with Crippen molar-refractivity contribution in [2.75, 3.05) is 12.3 Å². The van der Waals surface area contributed by atoms with Gasteiger partial charge in [0, 0.05) is 30.2 Å². The zero-order chi connectivity index (χ0) is 21.9. The van der Waals surface area contributed by atoms with Crippen molar-refractivity contribution in [3.05, 3.63) is 65.2 Å².